The molecule has 0 amide bonds. The Labute approximate surface area is 85.5 Å². The number of hydrogen-bond acceptors (Lipinski definition) is 2. The number of fused-ring (bicyclic) bond motifs is 1. The molecule has 14 heavy (non-hydrogen) atoms. The van der Waals surface area contributed by atoms with Crippen LogP contribution in [-0.4, -0.2) is 4.98 Å². The second kappa shape index (κ2) is 3.99. The molecule has 2 rings (SSSR count). The van der Waals surface area contributed by atoms with Gasteiger partial charge in [0.2, 0.25) is 0 Å². The number of anilines is 1. The molecular weight excluding hydrogens is 172 g/mol. The molecule has 0 fully saturated rings. The highest BCUT2D eigenvalue weighted by atomic mass is 14.8. The molecule has 1 aromatic heterocycles. The van der Waals surface area contributed by atoms with E-state index in [1.165, 1.54) is 43.2 Å². The van der Waals surface area contributed by atoms with Gasteiger partial charge < -0.3 is 5.73 Å². The second-order valence-corrected chi connectivity index (χ2v) is 4.28. The van der Waals surface area contributed by atoms with E-state index in [0.29, 0.717) is 5.82 Å². The van der Waals surface area contributed by atoms with Crippen LogP contribution in [0.2, 0.25) is 0 Å². The molecule has 1 atom stereocenters. The van der Waals surface area contributed by atoms with Crippen LogP contribution in [-0.2, 0) is 12.8 Å². The molecule has 2 heteroatoms. The van der Waals surface area contributed by atoms with E-state index in [1.54, 1.807) is 0 Å². The average molecular weight is 190 g/mol. The van der Waals surface area contributed by atoms with Gasteiger partial charge in [0.05, 0.1) is 0 Å². The van der Waals surface area contributed by atoms with Crippen LogP contribution < -0.4 is 5.73 Å². The Bertz CT molecular complexity index is 320. The highest BCUT2D eigenvalue weighted by molar-refractivity contribution is 5.38. The lowest BCUT2D eigenvalue weighted by Crippen LogP contribution is -2.14. The van der Waals surface area contributed by atoms with E-state index >= 15 is 0 Å². The highest BCUT2D eigenvalue weighted by Crippen LogP contribution is 2.28. The van der Waals surface area contributed by atoms with Crippen molar-refractivity contribution in [3.63, 3.8) is 0 Å². The van der Waals surface area contributed by atoms with Gasteiger partial charge in [0.15, 0.2) is 0 Å². The van der Waals surface area contributed by atoms with Crippen LogP contribution >= 0.6 is 0 Å². The summed E-state index contributed by atoms with van der Waals surface area (Å²) in [5, 5.41) is 0. The van der Waals surface area contributed by atoms with Gasteiger partial charge in [0, 0.05) is 6.20 Å². The molecule has 0 saturated carbocycles. The van der Waals surface area contributed by atoms with Crippen molar-refractivity contribution in [2.75, 3.05) is 5.73 Å². The molecule has 1 aliphatic carbocycles. The average Bonchev–Trinajstić information content (AvgIpc) is 2.19. The zero-order chi connectivity index (χ0) is 9.97. The molecular formula is C12H18N2. The topological polar surface area (TPSA) is 38.9 Å². The lowest BCUT2D eigenvalue weighted by molar-refractivity contribution is 0.422. The minimum absolute atomic E-state index is 0.665. The number of pyridine rings is 1. The quantitative estimate of drug-likeness (QED) is 0.778. The standard InChI is InChI=1S/C12H18N2/c1-2-3-9-4-5-10-7-12(13)14-8-11(10)6-9/h7-9H,2-6H2,1H3,(H2,13,14). The number of nitrogens with two attached hydrogens (primary N) is 1. The molecule has 0 aliphatic heterocycles. The highest BCUT2D eigenvalue weighted by Gasteiger charge is 2.18. The molecule has 1 aromatic rings. The molecule has 0 bridgehead atoms. The number of hydrogen-bond donors (Lipinski definition) is 1. The first-order valence-corrected chi connectivity index (χ1v) is 5.53. The van der Waals surface area contributed by atoms with E-state index in [0.717, 1.165) is 5.92 Å². The smallest absolute Gasteiger partial charge is 0.123 e. The Kier molecular flexibility index (Phi) is 2.71. The Morgan fingerprint density at radius 1 is 1.50 bits per heavy atom. The van der Waals surface area contributed by atoms with Crippen LogP contribution in [0.15, 0.2) is 12.3 Å². The summed E-state index contributed by atoms with van der Waals surface area (Å²) in [6, 6.07) is 2.04. The Morgan fingerprint density at radius 2 is 2.36 bits per heavy atom. The third-order valence-electron chi connectivity index (χ3n) is 3.13. The van der Waals surface area contributed by atoms with E-state index in [1.807, 2.05) is 12.3 Å². The summed E-state index contributed by atoms with van der Waals surface area (Å²) >= 11 is 0. The number of nitrogen functional groups attached to an aromatic ring is 1. The van der Waals surface area contributed by atoms with E-state index in [4.69, 9.17) is 5.73 Å². The van der Waals surface area contributed by atoms with Gasteiger partial charge in [0.1, 0.15) is 5.82 Å². The minimum atomic E-state index is 0.665. The van der Waals surface area contributed by atoms with Gasteiger partial charge in [0.25, 0.3) is 0 Å². The van der Waals surface area contributed by atoms with Crippen molar-refractivity contribution in [3.05, 3.63) is 23.4 Å². The fraction of sp³-hybridized carbons (Fsp3) is 0.583. The summed E-state index contributed by atoms with van der Waals surface area (Å²) < 4.78 is 0. The summed E-state index contributed by atoms with van der Waals surface area (Å²) in [6.45, 7) is 2.26. The first kappa shape index (κ1) is 9.50. The second-order valence-electron chi connectivity index (χ2n) is 4.28. The SMILES string of the molecule is CCCC1CCc2cc(N)ncc2C1. The van der Waals surface area contributed by atoms with Gasteiger partial charge in [-0.05, 0) is 42.4 Å². The number of rotatable bonds is 2. The Morgan fingerprint density at radius 3 is 3.14 bits per heavy atom. The third-order valence-corrected chi connectivity index (χ3v) is 3.13. The van der Waals surface area contributed by atoms with E-state index in [2.05, 4.69) is 11.9 Å². The van der Waals surface area contributed by atoms with Crippen LogP contribution in [0.25, 0.3) is 0 Å². The van der Waals surface area contributed by atoms with Crippen molar-refractivity contribution in [1.29, 1.82) is 0 Å². The molecule has 1 heterocycles. The van der Waals surface area contributed by atoms with E-state index < -0.39 is 0 Å². The van der Waals surface area contributed by atoms with Crippen LogP contribution in [0, 0.1) is 5.92 Å². The van der Waals surface area contributed by atoms with Gasteiger partial charge in [-0.3, -0.25) is 0 Å². The molecule has 0 radical (unpaired) electrons. The normalized spacial score (nSPS) is 20.5. The van der Waals surface area contributed by atoms with Crippen LogP contribution in [0.4, 0.5) is 5.82 Å². The Hall–Kier alpha value is -1.05. The van der Waals surface area contributed by atoms with Crippen molar-refractivity contribution >= 4 is 5.82 Å². The van der Waals surface area contributed by atoms with Crippen molar-refractivity contribution in [2.45, 2.75) is 39.0 Å². The Balaban J connectivity index is 2.15. The molecule has 0 spiro atoms. The predicted molar refractivity (Wildman–Crippen MR) is 59.1 cm³/mol. The molecule has 1 aliphatic rings. The first-order chi connectivity index (χ1) is 6.79. The van der Waals surface area contributed by atoms with Crippen LogP contribution in [0.3, 0.4) is 0 Å². The summed E-state index contributed by atoms with van der Waals surface area (Å²) in [5.41, 5.74) is 8.51. The maximum absolute atomic E-state index is 5.66. The molecule has 2 N–H and O–H groups in total. The number of aryl methyl sites for hydroxylation is 1. The number of aromatic nitrogens is 1. The summed E-state index contributed by atoms with van der Waals surface area (Å²) in [4.78, 5) is 4.16. The number of nitrogens with zero attached hydrogens (tertiary/aromatic N) is 1. The summed E-state index contributed by atoms with van der Waals surface area (Å²) in [6.07, 6.45) is 8.33. The summed E-state index contributed by atoms with van der Waals surface area (Å²) in [7, 11) is 0. The minimum Gasteiger partial charge on any atom is -0.384 e. The van der Waals surface area contributed by atoms with Gasteiger partial charge >= 0.3 is 0 Å². The van der Waals surface area contributed by atoms with Gasteiger partial charge in [-0.25, -0.2) is 4.98 Å². The zero-order valence-corrected chi connectivity index (χ0v) is 8.79. The maximum atomic E-state index is 5.66. The lowest BCUT2D eigenvalue weighted by Gasteiger charge is -2.23. The van der Waals surface area contributed by atoms with Gasteiger partial charge in [-0.2, -0.15) is 0 Å². The maximum Gasteiger partial charge on any atom is 0.123 e. The monoisotopic (exact) mass is 190 g/mol. The van der Waals surface area contributed by atoms with Crippen LogP contribution in [0.1, 0.15) is 37.3 Å². The van der Waals surface area contributed by atoms with Crippen molar-refractivity contribution in [2.24, 2.45) is 5.92 Å². The first-order valence-electron chi connectivity index (χ1n) is 5.53. The predicted octanol–water partition coefficient (Wildman–Crippen LogP) is 2.57. The lowest BCUT2D eigenvalue weighted by atomic mass is 9.82. The molecule has 76 valence electrons. The molecule has 1 unspecified atom stereocenters. The summed E-state index contributed by atoms with van der Waals surface area (Å²) in [5.74, 6) is 1.54. The van der Waals surface area contributed by atoms with Gasteiger partial charge in [-0.1, -0.05) is 19.8 Å². The molecule has 2 nitrogen and oxygen atoms in total. The van der Waals surface area contributed by atoms with Crippen LogP contribution in [0.5, 0.6) is 0 Å². The molecule has 0 saturated heterocycles. The van der Waals surface area contributed by atoms with Crippen molar-refractivity contribution in [3.8, 4) is 0 Å². The third kappa shape index (κ3) is 1.89. The van der Waals surface area contributed by atoms with Crippen molar-refractivity contribution < 1.29 is 0 Å². The largest absolute Gasteiger partial charge is 0.384 e. The van der Waals surface area contributed by atoms with Gasteiger partial charge in [-0.15, -0.1) is 0 Å². The zero-order valence-electron chi connectivity index (χ0n) is 8.79. The fourth-order valence-electron chi connectivity index (χ4n) is 2.39. The van der Waals surface area contributed by atoms with E-state index in [-0.39, 0.29) is 0 Å². The fourth-order valence-corrected chi connectivity index (χ4v) is 2.39. The molecule has 0 aromatic carbocycles. The van der Waals surface area contributed by atoms with Crippen molar-refractivity contribution in [1.82, 2.24) is 4.98 Å². The van der Waals surface area contributed by atoms with E-state index in [9.17, 15) is 0 Å².